The quantitative estimate of drug-likeness (QED) is 0.910. The first kappa shape index (κ1) is 18.0. The first-order valence-electron chi connectivity index (χ1n) is 8.13. The average molecular weight is 332 g/mol. The number of carbonyl (C=O) groups excluding carboxylic acids is 2. The van der Waals surface area contributed by atoms with E-state index in [0.717, 1.165) is 11.1 Å². The fraction of sp³-hybridized carbons (Fsp3) is 0.500. The van der Waals surface area contributed by atoms with Gasteiger partial charge in [0, 0.05) is 25.7 Å². The highest BCUT2D eigenvalue weighted by molar-refractivity contribution is 5.97. The van der Waals surface area contributed by atoms with E-state index in [0.29, 0.717) is 24.9 Å². The molecular formula is C18H24N2O4. The van der Waals surface area contributed by atoms with Crippen LogP contribution in [0.1, 0.15) is 34.3 Å². The molecule has 1 heterocycles. The maximum atomic E-state index is 12.5. The number of aryl methyl sites for hydroxylation is 2. The zero-order valence-electron chi connectivity index (χ0n) is 14.4. The third-order valence-electron chi connectivity index (χ3n) is 4.45. The van der Waals surface area contributed by atoms with Gasteiger partial charge in [-0.3, -0.25) is 14.4 Å². The number of amides is 2. The van der Waals surface area contributed by atoms with Gasteiger partial charge in [0.25, 0.3) is 5.91 Å². The van der Waals surface area contributed by atoms with Gasteiger partial charge in [-0.15, -0.1) is 0 Å². The number of carbonyl (C=O) groups is 3. The van der Waals surface area contributed by atoms with Gasteiger partial charge in [0.1, 0.15) is 0 Å². The standard InChI is InChI=1S/C18H24N2O4/c1-12-6-7-15(13(2)9-12)17(22)19(3)11-16(21)20-8-4-5-14(10-20)18(23)24/h6-7,9,14H,4-5,8,10-11H2,1-3H3,(H,23,24). The number of hydrogen-bond donors (Lipinski definition) is 1. The van der Waals surface area contributed by atoms with Gasteiger partial charge in [0.05, 0.1) is 12.5 Å². The van der Waals surface area contributed by atoms with Crippen LogP contribution < -0.4 is 0 Å². The number of likely N-dealkylation sites (tertiary alicyclic amines) is 1. The van der Waals surface area contributed by atoms with Crippen molar-refractivity contribution in [2.24, 2.45) is 5.92 Å². The molecule has 0 radical (unpaired) electrons. The van der Waals surface area contributed by atoms with Crippen LogP contribution in [0, 0.1) is 19.8 Å². The molecule has 6 nitrogen and oxygen atoms in total. The Labute approximate surface area is 142 Å². The van der Waals surface area contributed by atoms with Gasteiger partial charge >= 0.3 is 5.97 Å². The second-order valence-corrected chi connectivity index (χ2v) is 6.50. The molecule has 130 valence electrons. The zero-order valence-corrected chi connectivity index (χ0v) is 14.4. The summed E-state index contributed by atoms with van der Waals surface area (Å²) in [4.78, 5) is 39.0. The predicted molar refractivity (Wildman–Crippen MR) is 89.8 cm³/mol. The van der Waals surface area contributed by atoms with Crippen molar-refractivity contribution in [3.63, 3.8) is 0 Å². The number of piperidine rings is 1. The van der Waals surface area contributed by atoms with E-state index in [1.807, 2.05) is 26.0 Å². The van der Waals surface area contributed by atoms with Crippen molar-refractivity contribution in [1.82, 2.24) is 9.80 Å². The summed E-state index contributed by atoms with van der Waals surface area (Å²) in [6, 6.07) is 5.58. The van der Waals surface area contributed by atoms with E-state index in [-0.39, 0.29) is 24.9 Å². The summed E-state index contributed by atoms with van der Waals surface area (Å²) in [7, 11) is 1.60. The molecule has 1 aromatic rings. The SMILES string of the molecule is Cc1ccc(C(=O)N(C)CC(=O)N2CCCC(C(=O)O)C2)c(C)c1. The molecule has 6 heteroatoms. The van der Waals surface area contributed by atoms with Gasteiger partial charge < -0.3 is 14.9 Å². The van der Waals surface area contributed by atoms with Crippen molar-refractivity contribution in [2.45, 2.75) is 26.7 Å². The molecular weight excluding hydrogens is 308 g/mol. The summed E-state index contributed by atoms with van der Waals surface area (Å²) >= 11 is 0. The summed E-state index contributed by atoms with van der Waals surface area (Å²) in [5, 5.41) is 9.11. The van der Waals surface area contributed by atoms with E-state index in [2.05, 4.69) is 0 Å². The van der Waals surface area contributed by atoms with Gasteiger partial charge in [-0.05, 0) is 38.3 Å². The molecule has 1 aromatic carbocycles. The van der Waals surface area contributed by atoms with Crippen molar-refractivity contribution in [3.8, 4) is 0 Å². The lowest BCUT2D eigenvalue weighted by Gasteiger charge is -2.32. The summed E-state index contributed by atoms with van der Waals surface area (Å²) in [5.41, 5.74) is 2.54. The first-order chi connectivity index (χ1) is 11.3. The molecule has 1 aliphatic rings. The highest BCUT2D eigenvalue weighted by atomic mass is 16.4. The van der Waals surface area contributed by atoms with Crippen LogP contribution in [0.2, 0.25) is 0 Å². The molecule has 1 saturated heterocycles. The summed E-state index contributed by atoms with van der Waals surface area (Å²) in [5.74, 6) is -1.79. The van der Waals surface area contributed by atoms with Crippen LogP contribution in [0.5, 0.6) is 0 Å². The monoisotopic (exact) mass is 332 g/mol. The van der Waals surface area contributed by atoms with E-state index in [1.54, 1.807) is 18.0 Å². The molecule has 0 saturated carbocycles. The zero-order chi connectivity index (χ0) is 17.9. The number of aliphatic carboxylic acids is 1. The van der Waals surface area contributed by atoms with Crippen molar-refractivity contribution >= 4 is 17.8 Å². The highest BCUT2D eigenvalue weighted by Crippen LogP contribution is 2.17. The number of carboxylic acids is 1. The van der Waals surface area contributed by atoms with Crippen LogP contribution >= 0.6 is 0 Å². The number of carboxylic acid groups (broad SMARTS) is 1. The van der Waals surface area contributed by atoms with Crippen LogP contribution in [0.4, 0.5) is 0 Å². The largest absolute Gasteiger partial charge is 0.481 e. The Morgan fingerprint density at radius 3 is 2.62 bits per heavy atom. The van der Waals surface area contributed by atoms with Gasteiger partial charge in [-0.25, -0.2) is 0 Å². The maximum absolute atomic E-state index is 12.5. The molecule has 2 amide bonds. The Kier molecular flexibility index (Phi) is 5.59. The van der Waals surface area contributed by atoms with Crippen LogP contribution in [0.15, 0.2) is 18.2 Å². The lowest BCUT2D eigenvalue weighted by Crippen LogP contribution is -2.47. The van der Waals surface area contributed by atoms with E-state index in [4.69, 9.17) is 5.11 Å². The van der Waals surface area contributed by atoms with Crippen LogP contribution in [-0.4, -0.2) is 59.4 Å². The van der Waals surface area contributed by atoms with Crippen molar-refractivity contribution in [3.05, 3.63) is 34.9 Å². The molecule has 0 spiro atoms. The third-order valence-corrected chi connectivity index (χ3v) is 4.45. The summed E-state index contributed by atoms with van der Waals surface area (Å²) in [6.45, 7) is 4.56. The molecule has 0 aromatic heterocycles. The molecule has 0 aliphatic carbocycles. The van der Waals surface area contributed by atoms with Gasteiger partial charge in [0.15, 0.2) is 0 Å². The number of benzene rings is 1. The van der Waals surface area contributed by atoms with Gasteiger partial charge in [0.2, 0.25) is 5.91 Å². The average Bonchev–Trinajstić information content (AvgIpc) is 2.54. The van der Waals surface area contributed by atoms with Crippen molar-refractivity contribution in [2.75, 3.05) is 26.7 Å². The second kappa shape index (κ2) is 7.47. The Morgan fingerprint density at radius 1 is 1.29 bits per heavy atom. The maximum Gasteiger partial charge on any atom is 0.308 e. The number of likely N-dealkylation sites (N-methyl/N-ethyl adjacent to an activating group) is 1. The Balaban J connectivity index is 2.00. The smallest absolute Gasteiger partial charge is 0.308 e. The molecule has 24 heavy (non-hydrogen) atoms. The minimum absolute atomic E-state index is 0.0432. The number of rotatable bonds is 4. The minimum atomic E-state index is -0.868. The number of nitrogens with zero attached hydrogens (tertiary/aromatic N) is 2. The summed E-state index contributed by atoms with van der Waals surface area (Å²) in [6.07, 6.45) is 1.27. The topological polar surface area (TPSA) is 77.9 Å². The Hall–Kier alpha value is -2.37. The first-order valence-corrected chi connectivity index (χ1v) is 8.13. The lowest BCUT2D eigenvalue weighted by molar-refractivity contribution is -0.145. The van der Waals surface area contributed by atoms with E-state index in [1.165, 1.54) is 4.90 Å². The minimum Gasteiger partial charge on any atom is -0.481 e. The third kappa shape index (κ3) is 4.13. The number of hydrogen-bond acceptors (Lipinski definition) is 3. The Bertz CT molecular complexity index is 656. The normalized spacial score (nSPS) is 17.5. The van der Waals surface area contributed by atoms with Crippen molar-refractivity contribution < 1.29 is 19.5 Å². The molecule has 0 bridgehead atoms. The van der Waals surface area contributed by atoms with Crippen LogP contribution in [0.3, 0.4) is 0 Å². The second-order valence-electron chi connectivity index (χ2n) is 6.50. The molecule has 1 atom stereocenters. The highest BCUT2D eigenvalue weighted by Gasteiger charge is 2.29. The fourth-order valence-electron chi connectivity index (χ4n) is 3.04. The van der Waals surface area contributed by atoms with Crippen molar-refractivity contribution in [1.29, 1.82) is 0 Å². The Morgan fingerprint density at radius 2 is 2.00 bits per heavy atom. The molecule has 2 rings (SSSR count). The molecule has 1 aliphatic heterocycles. The predicted octanol–water partition coefficient (Wildman–Crippen LogP) is 1.70. The van der Waals surface area contributed by atoms with E-state index in [9.17, 15) is 14.4 Å². The van der Waals surface area contributed by atoms with E-state index < -0.39 is 11.9 Å². The van der Waals surface area contributed by atoms with Crippen LogP contribution in [0.25, 0.3) is 0 Å². The van der Waals surface area contributed by atoms with Gasteiger partial charge in [-0.1, -0.05) is 17.7 Å². The molecule has 1 unspecified atom stereocenters. The molecule has 1 fully saturated rings. The van der Waals surface area contributed by atoms with Gasteiger partial charge in [-0.2, -0.15) is 0 Å². The summed E-state index contributed by atoms with van der Waals surface area (Å²) < 4.78 is 0. The lowest BCUT2D eigenvalue weighted by atomic mass is 9.98. The van der Waals surface area contributed by atoms with Crippen LogP contribution in [-0.2, 0) is 9.59 Å². The molecule has 1 N–H and O–H groups in total. The fourth-order valence-corrected chi connectivity index (χ4v) is 3.04. The van der Waals surface area contributed by atoms with E-state index >= 15 is 0 Å².